The first kappa shape index (κ1) is 14.1. The zero-order valence-electron chi connectivity index (χ0n) is 10.9. The number of hydrogen-bond donors (Lipinski definition) is 1. The Morgan fingerprint density at radius 1 is 1.53 bits per heavy atom. The number of rotatable bonds is 4. The second-order valence-corrected chi connectivity index (χ2v) is 4.82. The molecule has 1 fully saturated rings. The number of ether oxygens (including phenoxy) is 1. The molecule has 0 radical (unpaired) electrons. The lowest BCUT2D eigenvalue weighted by atomic mass is 10.1. The number of benzene rings is 1. The molecule has 0 aromatic heterocycles. The number of Topliss-reactive ketones (excluding diaryl/α,β-unsaturated/α-hetero) is 1. The van der Waals surface area contributed by atoms with Gasteiger partial charge in [-0.2, -0.15) is 0 Å². The Morgan fingerprint density at radius 2 is 2.26 bits per heavy atom. The van der Waals surface area contributed by atoms with Crippen LogP contribution in [0.5, 0.6) is 0 Å². The minimum Gasteiger partial charge on any atom is -0.394 e. The normalized spacial score (nSPS) is 24.4. The van der Waals surface area contributed by atoms with Crippen LogP contribution >= 0.6 is 0 Å². The number of ketones is 1. The number of carbonyl (C=O) groups is 1. The van der Waals surface area contributed by atoms with E-state index in [4.69, 9.17) is 9.84 Å². The Bertz CT molecular complexity index is 452. The number of nitrogens with zero attached hydrogens (tertiary/aromatic N) is 1. The molecule has 1 saturated heterocycles. The number of carbonyl (C=O) groups excluding carboxylic acids is 1. The second kappa shape index (κ2) is 6.23. The van der Waals surface area contributed by atoms with E-state index in [1.54, 1.807) is 12.1 Å². The summed E-state index contributed by atoms with van der Waals surface area (Å²) in [4.78, 5) is 14.0. The summed E-state index contributed by atoms with van der Waals surface area (Å²) < 4.78 is 18.9. The highest BCUT2D eigenvalue weighted by molar-refractivity contribution is 5.97. The molecule has 1 aromatic rings. The summed E-state index contributed by atoms with van der Waals surface area (Å²) in [6.45, 7) is 2.97. The standard InChI is InChI=1S/C14H18FNO3/c1-10-9-19-11(8-17)6-16(10)7-14(18)12-4-2-3-5-13(12)15/h2-5,10-11,17H,6-9H2,1H3. The van der Waals surface area contributed by atoms with E-state index < -0.39 is 5.82 Å². The molecular formula is C14H18FNO3. The van der Waals surface area contributed by atoms with Crippen molar-refractivity contribution in [1.29, 1.82) is 0 Å². The van der Waals surface area contributed by atoms with E-state index in [2.05, 4.69) is 0 Å². The number of aliphatic hydroxyl groups is 1. The molecule has 0 aliphatic carbocycles. The van der Waals surface area contributed by atoms with E-state index in [1.165, 1.54) is 12.1 Å². The molecular weight excluding hydrogens is 249 g/mol. The monoisotopic (exact) mass is 267 g/mol. The van der Waals surface area contributed by atoms with Gasteiger partial charge in [0.1, 0.15) is 5.82 Å². The summed E-state index contributed by atoms with van der Waals surface area (Å²) in [5.74, 6) is -0.740. The predicted molar refractivity (Wildman–Crippen MR) is 68.6 cm³/mol. The van der Waals surface area contributed by atoms with Gasteiger partial charge in [-0.15, -0.1) is 0 Å². The summed E-state index contributed by atoms with van der Waals surface area (Å²) in [5.41, 5.74) is 0.113. The van der Waals surface area contributed by atoms with Crippen molar-refractivity contribution in [3.8, 4) is 0 Å². The maximum absolute atomic E-state index is 13.5. The number of hydrogen-bond acceptors (Lipinski definition) is 4. The maximum atomic E-state index is 13.5. The summed E-state index contributed by atoms with van der Waals surface area (Å²) in [5, 5.41) is 9.09. The minimum atomic E-state index is -0.493. The van der Waals surface area contributed by atoms with Crippen molar-refractivity contribution in [2.45, 2.75) is 19.1 Å². The summed E-state index contributed by atoms with van der Waals surface area (Å²) in [6, 6.07) is 6.07. The topological polar surface area (TPSA) is 49.8 Å². The van der Waals surface area contributed by atoms with Crippen LogP contribution in [0.15, 0.2) is 24.3 Å². The molecule has 4 nitrogen and oxygen atoms in total. The van der Waals surface area contributed by atoms with Crippen LogP contribution < -0.4 is 0 Å². The number of halogens is 1. The first-order chi connectivity index (χ1) is 9.11. The third-order valence-electron chi connectivity index (χ3n) is 3.36. The van der Waals surface area contributed by atoms with E-state index in [9.17, 15) is 9.18 Å². The molecule has 1 aromatic carbocycles. The third-order valence-corrected chi connectivity index (χ3v) is 3.36. The molecule has 2 atom stereocenters. The molecule has 1 aliphatic rings. The number of morpholine rings is 1. The zero-order chi connectivity index (χ0) is 13.8. The van der Waals surface area contributed by atoms with Gasteiger partial charge in [-0.25, -0.2) is 4.39 Å². The largest absolute Gasteiger partial charge is 0.394 e. The van der Waals surface area contributed by atoms with Crippen LogP contribution in [0.25, 0.3) is 0 Å². The van der Waals surface area contributed by atoms with Gasteiger partial charge in [-0.3, -0.25) is 9.69 Å². The molecule has 2 rings (SSSR count). The van der Waals surface area contributed by atoms with Gasteiger partial charge in [-0.1, -0.05) is 12.1 Å². The van der Waals surface area contributed by atoms with Crippen LogP contribution in [-0.4, -0.2) is 54.2 Å². The molecule has 19 heavy (non-hydrogen) atoms. The smallest absolute Gasteiger partial charge is 0.179 e. The van der Waals surface area contributed by atoms with Gasteiger partial charge in [0.25, 0.3) is 0 Å². The first-order valence-electron chi connectivity index (χ1n) is 6.36. The van der Waals surface area contributed by atoms with E-state index in [0.29, 0.717) is 13.2 Å². The lowest BCUT2D eigenvalue weighted by molar-refractivity contribution is -0.0748. The Kier molecular flexibility index (Phi) is 4.63. The van der Waals surface area contributed by atoms with Gasteiger partial charge in [0.15, 0.2) is 5.78 Å². The molecule has 0 bridgehead atoms. The average Bonchev–Trinajstić information content (AvgIpc) is 2.41. The van der Waals surface area contributed by atoms with Crippen LogP contribution in [0.1, 0.15) is 17.3 Å². The Morgan fingerprint density at radius 3 is 2.95 bits per heavy atom. The lowest BCUT2D eigenvalue weighted by Gasteiger charge is -2.36. The highest BCUT2D eigenvalue weighted by Gasteiger charge is 2.27. The van der Waals surface area contributed by atoms with Crippen molar-refractivity contribution in [3.63, 3.8) is 0 Å². The van der Waals surface area contributed by atoms with Crippen molar-refractivity contribution >= 4 is 5.78 Å². The fraction of sp³-hybridized carbons (Fsp3) is 0.500. The molecule has 0 amide bonds. The summed E-state index contributed by atoms with van der Waals surface area (Å²) in [6.07, 6.45) is -0.273. The molecule has 104 valence electrons. The fourth-order valence-electron chi connectivity index (χ4n) is 2.16. The molecule has 1 aliphatic heterocycles. The van der Waals surface area contributed by atoms with E-state index in [0.717, 1.165) is 0 Å². The van der Waals surface area contributed by atoms with Crippen LogP contribution in [-0.2, 0) is 4.74 Å². The third kappa shape index (κ3) is 3.37. The second-order valence-electron chi connectivity index (χ2n) is 4.82. The van der Waals surface area contributed by atoms with Crippen molar-refractivity contribution in [2.75, 3.05) is 26.3 Å². The van der Waals surface area contributed by atoms with Crippen LogP contribution in [0.2, 0.25) is 0 Å². The molecule has 2 unspecified atom stereocenters. The van der Waals surface area contributed by atoms with Crippen molar-refractivity contribution < 1.29 is 19.0 Å². The minimum absolute atomic E-state index is 0.0723. The zero-order valence-corrected chi connectivity index (χ0v) is 10.9. The van der Waals surface area contributed by atoms with Crippen molar-refractivity contribution in [3.05, 3.63) is 35.6 Å². The molecule has 1 N–H and O–H groups in total. The van der Waals surface area contributed by atoms with E-state index in [1.807, 2.05) is 11.8 Å². The van der Waals surface area contributed by atoms with Gasteiger partial charge in [0.05, 0.1) is 31.4 Å². The Labute approximate surface area is 111 Å². The molecule has 1 heterocycles. The van der Waals surface area contributed by atoms with Gasteiger partial charge >= 0.3 is 0 Å². The summed E-state index contributed by atoms with van der Waals surface area (Å²) in [7, 11) is 0. The quantitative estimate of drug-likeness (QED) is 0.830. The van der Waals surface area contributed by atoms with Crippen LogP contribution in [0, 0.1) is 5.82 Å². The van der Waals surface area contributed by atoms with E-state index >= 15 is 0 Å². The maximum Gasteiger partial charge on any atom is 0.179 e. The van der Waals surface area contributed by atoms with Gasteiger partial charge in [-0.05, 0) is 19.1 Å². The SMILES string of the molecule is CC1COC(CO)CN1CC(=O)c1ccccc1F. The van der Waals surface area contributed by atoms with Crippen LogP contribution in [0.3, 0.4) is 0 Å². The van der Waals surface area contributed by atoms with Crippen LogP contribution in [0.4, 0.5) is 4.39 Å². The number of aliphatic hydroxyl groups excluding tert-OH is 1. The molecule has 5 heteroatoms. The van der Waals surface area contributed by atoms with Crippen molar-refractivity contribution in [2.24, 2.45) is 0 Å². The van der Waals surface area contributed by atoms with Gasteiger partial charge < -0.3 is 9.84 Å². The van der Waals surface area contributed by atoms with Gasteiger partial charge in [0, 0.05) is 12.6 Å². The Hall–Kier alpha value is -1.30. The fourth-order valence-corrected chi connectivity index (χ4v) is 2.16. The highest BCUT2D eigenvalue weighted by Crippen LogP contribution is 2.14. The van der Waals surface area contributed by atoms with E-state index in [-0.39, 0.29) is 36.6 Å². The molecule has 0 saturated carbocycles. The highest BCUT2D eigenvalue weighted by atomic mass is 19.1. The predicted octanol–water partition coefficient (Wildman–Crippen LogP) is 1.09. The summed E-state index contributed by atoms with van der Waals surface area (Å²) >= 11 is 0. The molecule has 0 spiro atoms. The average molecular weight is 267 g/mol. The lowest BCUT2D eigenvalue weighted by Crippen LogP contribution is -2.51. The first-order valence-corrected chi connectivity index (χ1v) is 6.36. The van der Waals surface area contributed by atoms with Crippen molar-refractivity contribution in [1.82, 2.24) is 4.90 Å². The van der Waals surface area contributed by atoms with Gasteiger partial charge in [0.2, 0.25) is 0 Å². The Balaban J connectivity index is 2.03.